The molecule has 1 aliphatic rings. The number of H-pyrrole nitrogens is 2. The van der Waals surface area contributed by atoms with Crippen LogP contribution in [0.15, 0.2) is 48.9 Å². The van der Waals surface area contributed by atoms with Crippen molar-refractivity contribution < 1.29 is 22.4 Å². The molecule has 3 N–H and O–H groups in total. The van der Waals surface area contributed by atoms with E-state index in [2.05, 4.69) is 55.2 Å². The number of pyridine rings is 2. The maximum Gasteiger partial charge on any atom is 0.434 e. The lowest BCUT2D eigenvalue weighted by Crippen LogP contribution is -2.11. The van der Waals surface area contributed by atoms with Crippen LogP contribution in [0.5, 0.6) is 0 Å². The van der Waals surface area contributed by atoms with Gasteiger partial charge in [-0.1, -0.05) is 13.3 Å². The minimum atomic E-state index is -4.66. The van der Waals surface area contributed by atoms with Gasteiger partial charge in [0.15, 0.2) is 5.69 Å². The van der Waals surface area contributed by atoms with Crippen LogP contribution < -0.4 is 16.6 Å². The number of rotatable bonds is 4. The summed E-state index contributed by atoms with van der Waals surface area (Å²) in [6, 6.07) is 2.66. The summed E-state index contributed by atoms with van der Waals surface area (Å²) < 4.78 is 44.1. The minimum absolute atomic E-state index is 0.00813. The van der Waals surface area contributed by atoms with E-state index in [4.69, 9.17) is 4.42 Å². The Morgan fingerprint density at radius 1 is 1.16 bits per heavy atom. The number of nitrogens with one attached hydrogen (secondary N) is 3. The lowest BCUT2D eigenvalue weighted by atomic mass is 10.0. The van der Waals surface area contributed by atoms with Gasteiger partial charge in [-0.15, -0.1) is 29.3 Å². The minimum Gasteiger partial charge on any atom is -0.388 e. The first-order valence-electron chi connectivity index (χ1n) is 13.3. The van der Waals surface area contributed by atoms with Crippen molar-refractivity contribution in [2.75, 3.05) is 12.4 Å². The number of carbonyl (C=O) groups excluding carboxylic acids is 1. The SMILES string of the molecule is C#C.CC(=O)Nc1cc(-c2nc(C(F)(F)F)cs2)c(-c2cc(-c3n[nH]c(=O)o3)c[nH]c2=O)cn1.CN=C1CCC[C@@H](C)CC1. The quantitative estimate of drug-likeness (QED) is 0.190. The number of aromatic nitrogens is 5. The average molecular weight is 630 g/mol. The molecule has 15 heteroatoms. The molecule has 1 aliphatic carbocycles. The molecule has 1 fully saturated rings. The van der Waals surface area contributed by atoms with Crippen molar-refractivity contribution in [2.45, 2.75) is 52.1 Å². The van der Waals surface area contributed by atoms with E-state index in [1.807, 2.05) is 7.05 Å². The number of aliphatic imine (C=N–C) groups is 1. The Labute approximate surface area is 254 Å². The van der Waals surface area contributed by atoms with Crippen molar-refractivity contribution in [3.8, 4) is 46.0 Å². The number of anilines is 1. The third kappa shape index (κ3) is 8.83. The van der Waals surface area contributed by atoms with Gasteiger partial charge in [0.1, 0.15) is 10.8 Å². The molecule has 5 rings (SSSR count). The standard InChI is InChI=1S/C18H11F3N6O4S.C9H17N.C2H2/c1-7(28)24-13-3-10(16-25-12(6-32-16)18(19,20)21)11(5-22-13)9-2-8(4-23-14(9)29)15-26-27-17(30)31-15;1-8-4-3-5-9(10-2)7-6-8;1-2/h2-6H,1H3,(H,23,29)(H,27,30)(H,22,24,28);8H,3-7H2,1-2H3;1-2H/t;8-;/m.1./s1. The Kier molecular flexibility index (Phi) is 11.5. The van der Waals surface area contributed by atoms with Crippen LogP contribution in [0.1, 0.15) is 51.6 Å². The summed E-state index contributed by atoms with van der Waals surface area (Å²) in [5.41, 5.74) is 0.262. The molecule has 11 nitrogen and oxygen atoms in total. The van der Waals surface area contributed by atoms with E-state index >= 15 is 0 Å². The highest BCUT2D eigenvalue weighted by Gasteiger charge is 2.34. The van der Waals surface area contributed by atoms with Gasteiger partial charge in [-0.2, -0.15) is 13.2 Å². The summed E-state index contributed by atoms with van der Waals surface area (Å²) in [4.78, 5) is 49.6. The van der Waals surface area contributed by atoms with Crippen LogP contribution in [0.2, 0.25) is 0 Å². The number of aromatic amines is 2. The molecule has 1 saturated carbocycles. The number of hydrogen-bond acceptors (Lipinski definition) is 9. The predicted octanol–water partition coefficient (Wildman–Crippen LogP) is 5.79. The van der Waals surface area contributed by atoms with Crippen LogP contribution >= 0.6 is 11.3 Å². The van der Waals surface area contributed by atoms with E-state index in [-0.39, 0.29) is 39.0 Å². The maximum atomic E-state index is 13.1. The van der Waals surface area contributed by atoms with Crippen LogP contribution in [-0.2, 0) is 11.0 Å². The van der Waals surface area contributed by atoms with Crippen LogP contribution in [0.3, 0.4) is 0 Å². The normalized spacial score (nSPS) is 15.7. The van der Waals surface area contributed by atoms with Gasteiger partial charge in [-0.3, -0.25) is 14.6 Å². The summed E-state index contributed by atoms with van der Waals surface area (Å²) in [6.07, 6.45) is 12.4. The summed E-state index contributed by atoms with van der Waals surface area (Å²) in [6.45, 7) is 3.59. The second-order valence-corrected chi connectivity index (χ2v) is 10.6. The third-order valence-electron chi connectivity index (χ3n) is 6.52. The first-order chi connectivity index (χ1) is 20.9. The fraction of sp³-hybridized carbons (Fsp3) is 0.345. The highest BCUT2D eigenvalue weighted by atomic mass is 32.1. The highest BCUT2D eigenvalue weighted by Crippen LogP contribution is 2.38. The van der Waals surface area contributed by atoms with Crippen molar-refractivity contribution >= 4 is 28.8 Å². The number of amides is 1. The Hall–Kier alpha value is -4.84. The molecule has 0 aromatic carbocycles. The van der Waals surface area contributed by atoms with Crippen molar-refractivity contribution in [2.24, 2.45) is 10.9 Å². The number of hydrogen-bond donors (Lipinski definition) is 3. The van der Waals surface area contributed by atoms with Crippen molar-refractivity contribution in [1.82, 2.24) is 25.1 Å². The Balaban J connectivity index is 0.000000372. The molecule has 4 heterocycles. The molecule has 0 unspecified atom stereocenters. The number of terminal acetylenes is 1. The summed E-state index contributed by atoms with van der Waals surface area (Å²) in [5.74, 6) is -0.368. The Morgan fingerprint density at radius 3 is 2.52 bits per heavy atom. The zero-order valence-electron chi connectivity index (χ0n) is 24.1. The van der Waals surface area contributed by atoms with E-state index in [0.29, 0.717) is 11.3 Å². The summed E-state index contributed by atoms with van der Waals surface area (Å²) >= 11 is 0.715. The second kappa shape index (κ2) is 15.1. The van der Waals surface area contributed by atoms with Gasteiger partial charge in [0.25, 0.3) is 11.4 Å². The lowest BCUT2D eigenvalue weighted by Gasteiger charge is -2.10. The Bertz CT molecular complexity index is 1750. The van der Waals surface area contributed by atoms with Crippen LogP contribution in [0.4, 0.5) is 19.0 Å². The fourth-order valence-corrected chi connectivity index (χ4v) is 5.20. The van der Waals surface area contributed by atoms with Gasteiger partial charge in [-0.25, -0.2) is 19.9 Å². The molecule has 4 aromatic heterocycles. The average Bonchev–Trinajstić information content (AvgIpc) is 3.61. The van der Waals surface area contributed by atoms with Crippen LogP contribution in [0.25, 0.3) is 33.2 Å². The molecule has 0 spiro atoms. The largest absolute Gasteiger partial charge is 0.434 e. The molecule has 1 amide bonds. The predicted molar refractivity (Wildman–Crippen MR) is 162 cm³/mol. The first kappa shape index (κ1) is 33.7. The number of thiazole rings is 1. The molecule has 0 bridgehead atoms. The van der Waals surface area contributed by atoms with Crippen molar-refractivity contribution in [1.29, 1.82) is 0 Å². The molecule has 44 heavy (non-hydrogen) atoms. The first-order valence-corrected chi connectivity index (χ1v) is 14.2. The van der Waals surface area contributed by atoms with Gasteiger partial charge in [0.05, 0.1) is 5.56 Å². The molecule has 0 aliphatic heterocycles. The zero-order valence-corrected chi connectivity index (χ0v) is 24.9. The van der Waals surface area contributed by atoms with E-state index in [1.54, 1.807) is 0 Å². The lowest BCUT2D eigenvalue weighted by molar-refractivity contribution is -0.140. The van der Waals surface area contributed by atoms with Crippen LogP contribution in [-0.4, -0.2) is 43.8 Å². The number of halogens is 3. The highest BCUT2D eigenvalue weighted by molar-refractivity contribution is 7.13. The number of nitrogens with zero attached hydrogens (tertiary/aromatic N) is 4. The van der Waals surface area contributed by atoms with Crippen molar-refractivity contribution in [3.05, 3.63) is 56.5 Å². The van der Waals surface area contributed by atoms with E-state index < -0.39 is 29.1 Å². The zero-order chi connectivity index (χ0) is 32.4. The Morgan fingerprint density at radius 2 is 1.91 bits per heavy atom. The molecule has 0 saturated heterocycles. The monoisotopic (exact) mass is 629 g/mol. The summed E-state index contributed by atoms with van der Waals surface area (Å²) in [5, 5.41) is 9.01. The maximum absolute atomic E-state index is 13.1. The van der Waals surface area contributed by atoms with Crippen molar-refractivity contribution in [3.63, 3.8) is 0 Å². The second-order valence-electron chi connectivity index (χ2n) is 9.71. The molecular weight excluding hydrogens is 599 g/mol. The van der Waals surface area contributed by atoms with Gasteiger partial charge < -0.3 is 14.7 Å². The third-order valence-corrected chi connectivity index (χ3v) is 7.39. The van der Waals surface area contributed by atoms with Gasteiger partial charge in [0, 0.05) is 54.1 Å². The van der Waals surface area contributed by atoms with E-state index in [9.17, 15) is 27.6 Å². The van der Waals surface area contributed by atoms with Gasteiger partial charge >= 0.3 is 11.9 Å². The fourth-order valence-electron chi connectivity index (χ4n) is 4.34. The smallest absolute Gasteiger partial charge is 0.388 e. The van der Waals surface area contributed by atoms with E-state index in [0.717, 1.165) is 11.3 Å². The van der Waals surface area contributed by atoms with Gasteiger partial charge in [0.2, 0.25) is 5.91 Å². The number of alkyl halides is 3. The molecule has 1 atom stereocenters. The molecule has 0 radical (unpaired) electrons. The molecule has 232 valence electrons. The molecular formula is C29H30F3N7O4S. The van der Waals surface area contributed by atoms with Crippen LogP contribution in [0, 0.1) is 18.8 Å². The topological polar surface area (TPSA) is 159 Å². The van der Waals surface area contributed by atoms with Gasteiger partial charge in [-0.05, 0) is 43.7 Å². The van der Waals surface area contributed by atoms with E-state index in [1.165, 1.54) is 69.3 Å². The number of carbonyl (C=O) groups is 1. The summed E-state index contributed by atoms with van der Waals surface area (Å²) in [7, 11) is 1.92. The molecule has 4 aromatic rings.